The molecule has 1 amide bonds. The van der Waals surface area contributed by atoms with Gasteiger partial charge in [-0.05, 0) is 45.0 Å². The molecule has 1 aromatic carbocycles. The minimum atomic E-state index is 0.0659. The molecule has 2 heterocycles. The third kappa shape index (κ3) is 4.18. The van der Waals surface area contributed by atoms with E-state index in [-0.39, 0.29) is 12.0 Å². The highest BCUT2D eigenvalue weighted by molar-refractivity contribution is 6.32. The maximum Gasteiger partial charge on any atom is 0.222 e. The van der Waals surface area contributed by atoms with Gasteiger partial charge in [0.15, 0.2) is 0 Å². The minimum absolute atomic E-state index is 0.0659. The van der Waals surface area contributed by atoms with Crippen molar-refractivity contribution in [3.05, 3.63) is 29.3 Å². The molecule has 0 saturated carbocycles. The van der Waals surface area contributed by atoms with Gasteiger partial charge in [0.05, 0.1) is 18.1 Å². The van der Waals surface area contributed by atoms with E-state index in [0.29, 0.717) is 36.3 Å². The first-order chi connectivity index (χ1) is 11.1. The molecule has 0 aliphatic carbocycles. The molecular weight excluding hydrogens is 312 g/mol. The Kier molecular flexibility index (Phi) is 5.44. The van der Waals surface area contributed by atoms with Crippen molar-refractivity contribution in [2.75, 3.05) is 26.7 Å². The van der Waals surface area contributed by atoms with Crippen molar-refractivity contribution in [2.45, 2.75) is 44.2 Å². The summed E-state index contributed by atoms with van der Waals surface area (Å²) in [6, 6.07) is 8.05. The van der Waals surface area contributed by atoms with Crippen molar-refractivity contribution in [1.29, 1.82) is 0 Å². The highest BCUT2D eigenvalue weighted by atomic mass is 35.5. The molecule has 23 heavy (non-hydrogen) atoms. The Morgan fingerprint density at radius 3 is 2.83 bits per heavy atom. The topological polar surface area (TPSA) is 32.8 Å². The molecule has 0 unspecified atom stereocenters. The Balaban J connectivity index is 1.39. The largest absolute Gasteiger partial charge is 0.485 e. The van der Waals surface area contributed by atoms with Gasteiger partial charge in [-0.25, -0.2) is 0 Å². The second-order valence-electron chi connectivity index (χ2n) is 6.64. The van der Waals surface area contributed by atoms with Crippen molar-refractivity contribution >= 4 is 17.5 Å². The van der Waals surface area contributed by atoms with Gasteiger partial charge in [0.25, 0.3) is 0 Å². The number of hydrogen-bond acceptors (Lipinski definition) is 3. The van der Waals surface area contributed by atoms with Crippen molar-refractivity contribution in [3.8, 4) is 5.75 Å². The number of benzene rings is 1. The number of nitrogens with zero attached hydrogens (tertiary/aromatic N) is 2. The Morgan fingerprint density at radius 2 is 2.09 bits per heavy atom. The van der Waals surface area contributed by atoms with Crippen LogP contribution in [0, 0.1) is 0 Å². The molecule has 2 aliphatic heterocycles. The molecular formula is C18H25ClN2O2. The van der Waals surface area contributed by atoms with E-state index in [1.807, 2.05) is 29.2 Å². The summed E-state index contributed by atoms with van der Waals surface area (Å²) in [4.78, 5) is 16.6. The minimum Gasteiger partial charge on any atom is -0.485 e. The predicted molar refractivity (Wildman–Crippen MR) is 92.0 cm³/mol. The zero-order valence-electron chi connectivity index (χ0n) is 13.7. The van der Waals surface area contributed by atoms with E-state index in [1.165, 1.54) is 19.3 Å². The first kappa shape index (κ1) is 16.6. The third-order valence-corrected chi connectivity index (χ3v) is 5.26. The number of piperidine rings is 1. The van der Waals surface area contributed by atoms with E-state index in [4.69, 9.17) is 16.3 Å². The summed E-state index contributed by atoms with van der Waals surface area (Å²) in [7, 11) is 2.17. The van der Waals surface area contributed by atoms with Crippen LogP contribution < -0.4 is 4.74 Å². The van der Waals surface area contributed by atoms with Gasteiger partial charge in [-0.3, -0.25) is 4.79 Å². The lowest BCUT2D eigenvalue weighted by atomic mass is 9.98. The number of amides is 1. The van der Waals surface area contributed by atoms with E-state index in [2.05, 4.69) is 11.9 Å². The molecule has 0 N–H and O–H groups in total. The third-order valence-electron chi connectivity index (χ3n) is 4.94. The Hall–Kier alpha value is -1.26. The summed E-state index contributed by atoms with van der Waals surface area (Å²) in [6.07, 6.45) is 5.49. The summed E-state index contributed by atoms with van der Waals surface area (Å²) >= 11 is 6.09. The molecule has 0 bridgehead atoms. The fourth-order valence-corrected chi connectivity index (χ4v) is 3.57. The predicted octanol–water partition coefficient (Wildman–Crippen LogP) is 3.19. The lowest BCUT2D eigenvalue weighted by Crippen LogP contribution is -2.56. The van der Waals surface area contributed by atoms with Crippen LogP contribution in [-0.2, 0) is 4.79 Å². The van der Waals surface area contributed by atoms with Gasteiger partial charge < -0.3 is 14.5 Å². The van der Waals surface area contributed by atoms with Crippen molar-refractivity contribution in [2.24, 2.45) is 0 Å². The fourth-order valence-electron chi connectivity index (χ4n) is 3.39. The van der Waals surface area contributed by atoms with E-state index >= 15 is 0 Å². The molecule has 0 radical (unpaired) electrons. The average molecular weight is 337 g/mol. The fraction of sp³-hybridized carbons (Fsp3) is 0.611. The van der Waals surface area contributed by atoms with E-state index < -0.39 is 0 Å². The van der Waals surface area contributed by atoms with Crippen LogP contribution in [0.25, 0.3) is 0 Å². The van der Waals surface area contributed by atoms with Crippen molar-refractivity contribution < 1.29 is 9.53 Å². The molecule has 2 saturated heterocycles. The summed E-state index contributed by atoms with van der Waals surface area (Å²) in [5.74, 6) is 0.957. The first-order valence-electron chi connectivity index (χ1n) is 8.52. The summed E-state index contributed by atoms with van der Waals surface area (Å²) in [5.41, 5.74) is 0. The van der Waals surface area contributed by atoms with E-state index in [1.54, 1.807) is 0 Å². The van der Waals surface area contributed by atoms with Crippen LogP contribution in [0.15, 0.2) is 24.3 Å². The van der Waals surface area contributed by atoms with Gasteiger partial charge in [-0.1, -0.05) is 30.2 Å². The number of carbonyl (C=O) groups excluding carboxylic acids is 1. The number of carbonyl (C=O) groups is 1. The lowest BCUT2D eigenvalue weighted by Gasteiger charge is -2.40. The Labute approximate surface area is 143 Å². The van der Waals surface area contributed by atoms with Gasteiger partial charge in [0, 0.05) is 12.5 Å². The van der Waals surface area contributed by atoms with E-state index in [9.17, 15) is 4.79 Å². The smallest absolute Gasteiger partial charge is 0.222 e. The van der Waals surface area contributed by atoms with Crippen LogP contribution in [0.2, 0.25) is 5.02 Å². The molecule has 0 aromatic heterocycles. The number of halogens is 1. The highest BCUT2D eigenvalue weighted by Gasteiger charge is 2.32. The quantitative estimate of drug-likeness (QED) is 0.827. The van der Waals surface area contributed by atoms with Crippen LogP contribution in [0.4, 0.5) is 0 Å². The Bertz CT molecular complexity index is 546. The summed E-state index contributed by atoms with van der Waals surface area (Å²) < 4.78 is 5.84. The molecule has 4 nitrogen and oxygen atoms in total. The molecule has 1 aromatic rings. The molecule has 3 rings (SSSR count). The molecule has 0 spiro atoms. The van der Waals surface area contributed by atoms with Gasteiger partial charge >= 0.3 is 0 Å². The standard InChI is InChI=1S/C18H25ClN2O2/c1-20-11-5-4-6-14(20)9-10-18(22)21-12-15(13-21)23-17-8-3-2-7-16(17)19/h2-3,7-8,14-15H,4-6,9-13H2,1H3/t14-/m0/s1. The Morgan fingerprint density at radius 1 is 1.30 bits per heavy atom. The maximum atomic E-state index is 12.3. The second kappa shape index (κ2) is 7.54. The van der Waals surface area contributed by atoms with Gasteiger partial charge in [-0.2, -0.15) is 0 Å². The van der Waals surface area contributed by atoms with Gasteiger partial charge in [0.1, 0.15) is 11.9 Å². The zero-order valence-corrected chi connectivity index (χ0v) is 14.5. The highest BCUT2D eigenvalue weighted by Crippen LogP contribution is 2.27. The SMILES string of the molecule is CN1CCCC[C@H]1CCC(=O)N1CC(Oc2ccccc2Cl)C1. The summed E-state index contributed by atoms with van der Waals surface area (Å²) in [6.45, 7) is 2.51. The van der Waals surface area contributed by atoms with Crippen LogP contribution in [0.1, 0.15) is 32.1 Å². The second-order valence-corrected chi connectivity index (χ2v) is 7.05. The molecule has 1 atom stereocenters. The number of para-hydroxylation sites is 1. The zero-order chi connectivity index (χ0) is 16.2. The average Bonchev–Trinajstić information content (AvgIpc) is 2.51. The monoisotopic (exact) mass is 336 g/mol. The normalized spacial score (nSPS) is 22.7. The van der Waals surface area contributed by atoms with Crippen LogP contribution >= 0.6 is 11.6 Å². The van der Waals surface area contributed by atoms with Crippen LogP contribution in [0.5, 0.6) is 5.75 Å². The summed E-state index contributed by atoms with van der Waals surface area (Å²) in [5, 5.41) is 0.623. The number of hydrogen-bond donors (Lipinski definition) is 0. The van der Waals surface area contributed by atoms with Crippen molar-refractivity contribution in [3.63, 3.8) is 0 Å². The molecule has 2 fully saturated rings. The maximum absolute atomic E-state index is 12.3. The van der Waals surface area contributed by atoms with Crippen LogP contribution in [-0.4, -0.2) is 54.5 Å². The number of ether oxygens (including phenoxy) is 1. The van der Waals surface area contributed by atoms with E-state index in [0.717, 1.165) is 13.0 Å². The van der Waals surface area contributed by atoms with Gasteiger partial charge in [-0.15, -0.1) is 0 Å². The lowest BCUT2D eigenvalue weighted by molar-refractivity contribution is -0.140. The molecule has 5 heteroatoms. The van der Waals surface area contributed by atoms with Gasteiger partial charge in [0.2, 0.25) is 5.91 Å². The van der Waals surface area contributed by atoms with Crippen molar-refractivity contribution in [1.82, 2.24) is 9.80 Å². The molecule has 2 aliphatic rings. The molecule has 126 valence electrons. The number of rotatable bonds is 5. The first-order valence-corrected chi connectivity index (χ1v) is 8.90. The van der Waals surface area contributed by atoms with Crippen LogP contribution in [0.3, 0.4) is 0 Å². The number of likely N-dealkylation sites (tertiary alicyclic amines) is 2.